The average Bonchev–Trinajstić information content (AvgIpc) is 2.68. The van der Waals surface area contributed by atoms with E-state index in [1.165, 1.54) is 5.69 Å². The first-order valence-corrected chi connectivity index (χ1v) is 6.90. The third kappa shape index (κ3) is 2.87. The Kier molecular flexibility index (Phi) is 4.17. The number of benzene rings is 1. The molecule has 20 heavy (non-hydrogen) atoms. The Bertz CT molecular complexity index is 569. The molecule has 0 aliphatic rings. The summed E-state index contributed by atoms with van der Waals surface area (Å²) in [5, 5.41) is 7.83. The summed E-state index contributed by atoms with van der Waals surface area (Å²) < 4.78 is 1.94. The van der Waals surface area contributed by atoms with Crippen LogP contribution in [0.25, 0.3) is 0 Å². The second kappa shape index (κ2) is 5.86. The number of rotatable bonds is 5. The van der Waals surface area contributed by atoms with Gasteiger partial charge in [-0.1, -0.05) is 6.92 Å². The van der Waals surface area contributed by atoms with Crippen LogP contribution in [-0.2, 0) is 6.54 Å². The maximum Gasteiger partial charge on any atom is 0.152 e. The van der Waals surface area contributed by atoms with Gasteiger partial charge in [0, 0.05) is 32.0 Å². The van der Waals surface area contributed by atoms with Gasteiger partial charge in [-0.15, -0.1) is 0 Å². The fourth-order valence-electron chi connectivity index (χ4n) is 2.08. The first-order valence-electron chi connectivity index (χ1n) is 6.90. The topological polar surface area (TPSA) is 59.1 Å². The Morgan fingerprint density at radius 2 is 1.90 bits per heavy atom. The summed E-state index contributed by atoms with van der Waals surface area (Å²) >= 11 is 0. The number of aryl methyl sites for hydroxylation is 2. The van der Waals surface area contributed by atoms with Gasteiger partial charge in [0.15, 0.2) is 5.82 Å². The van der Waals surface area contributed by atoms with Crippen molar-refractivity contribution in [3.63, 3.8) is 0 Å². The van der Waals surface area contributed by atoms with Gasteiger partial charge in [-0.3, -0.25) is 0 Å². The van der Waals surface area contributed by atoms with Crippen LogP contribution >= 0.6 is 0 Å². The van der Waals surface area contributed by atoms with Gasteiger partial charge in [0.25, 0.3) is 0 Å². The van der Waals surface area contributed by atoms with E-state index in [2.05, 4.69) is 34.4 Å². The minimum absolute atomic E-state index is 0.718. The minimum Gasteiger partial charge on any atom is -0.394 e. The van der Waals surface area contributed by atoms with E-state index in [9.17, 15) is 0 Å². The molecule has 0 bridgehead atoms. The van der Waals surface area contributed by atoms with Crippen molar-refractivity contribution < 1.29 is 0 Å². The predicted molar refractivity (Wildman–Crippen MR) is 85.7 cm³/mol. The molecule has 0 atom stereocenters. The molecule has 5 nitrogen and oxygen atoms in total. The Morgan fingerprint density at radius 3 is 2.45 bits per heavy atom. The first-order chi connectivity index (χ1) is 9.52. The fourth-order valence-corrected chi connectivity index (χ4v) is 2.08. The van der Waals surface area contributed by atoms with E-state index in [0.29, 0.717) is 0 Å². The van der Waals surface area contributed by atoms with Crippen molar-refractivity contribution >= 4 is 22.9 Å². The molecule has 108 valence electrons. The lowest BCUT2D eigenvalue weighted by molar-refractivity contribution is 0.605. The number of anilines is 4. The highest BCUT2D eigenvalue weighted by Gasteiger charge is 2.12. The van der Waals surface area contributed by atoms with Crippen LogP contribution in [0.3, 0.4) is 0 Å². The zero-order valence-electron chi connectivity index (χ0n) is 12.6. The van der Waals surface area contributed by atoms with E-state index < -0.39 is 0 Å². The van der Waals surface area contributed by atoms with E-state index >= 15 is 0 Å². The van der Waals surface area contributed by atoms with Crippen molar-refractivity contribution in [2.45, 2.75) is 26.8 Å². The lowest BCUT2D eigenvalue weighted by Gasteiger charge is -2.14. The molecule has 1 aromatic carbocycles. The van der Waals surface area contributed by atoms with Crippen LogP contribution in [0.4, 0.5) is 22.9 Å². The van der Waals surface area contributed by atoms with Gasteiger partial charge in [-0.05, 0) is 37.6 Å². The van der Waals surface area contributed by atoms with E-state index in [-0.39, 0.29) is 0 Å². The maximum absolute atomic E-state index is 6.11. The Balaban J connectivity index is 2.25. The van der Waals surface area contributed by atoms with Crippen LogP contribution in [0.2, 0.25) is 0 Å². The van der Waals surface area contributed by atoms with Gasteiger partial charge in [-0.25, -0.2) is 4.68 Å². The quantitative estimate of drug-likeness (QED) is 0.879. The van der Waals surface area contributed by atoms with Gasteiger partial charge < -0.3 is 16.0 Å². The molecular weight excluding hydrogens is 250 g/mol. The molecule has 1 heterocycles. The number of nitrogen functional groups attached to an aromatic ring is 1. The summed E-state index contributed by atoms with van der Waals surface area (Å²) in [6.07, 6.45) is 1.02. The smallest absolute Gasteiger partial charge is 0.152 e. The summed E-state index contributed by atoms with van der Waals surface area (Å²) in [4.78, 5) is 2.07. The van der Waals surface area contributed by atoms with Gasteiger partial charge in [0.05, 0.1) is 11.4 Å². The third-order valence-electron chi connectivity index (χ3n) is 3.26. The van der Waals surface area contributed by atoms with Crippen LogP contribution in [0.15, 0.2) is 24.3 Å². The average molecular weight is 273 g/mol. The molecular formula is C15H23N5. The molecule has 0 saturated carbocycles. The monoisotopic (exact) mass is 273 g/mol. The van der Waals surface area contributed by atoms with Gasteiger partial charge in [0.2, 0.25) is 0 Å². The van der Waals surface area contributed by atoms with Gasteiger partial charge in [0.1, 0.15) is 0 Å². The molecule has 3 N–H and O–H groups in total. The second-order valence-electron chi connectivity index (χ2n) is 5.14. The second-order valence-corrected chi connectivity index (χ2v) is 5.14. The molecule has 5 heteroatoms. The maximum atomic E-state index is 6.11. The Morgan fingerprint density at radius 1 is 1.25 bits per heavy atom. The highest BCUT2D eigenvalue weighted by Crippen LogP contribution is 2.27. The highest BCUT2D eigenvalue weighted by molar-refractivity contribution is 5.71. The van der Waals surface area contributed by atoms with Crippen molar-refractivity contribution in [2.24, 2.45) is 0 Å². The Labute approximate surface area is 120 Å². The molecule has 0 radical (unpaired) electrons. The predicted octanol–water partition coefficient (Wildman–Crippen LogP) is 2.99. The number of nitrogens with two attached hydrogens (primary N) is 1. The fraction of sp³-hybridized carbons (Fsp3) is 0.400. The number of nitrogens with one attached hydrogen (secondary N) is 1. The van der Waals surface area contributed by atoms with Crippen molar-refractivity contribution in [2.75, 3.05) is 30.0 Å². The van der Waals surface area contributed by atoms with Gasteiger partial charge in [-0.2, -0.15) is 5.10 Å². The zero-order chi connectivity index (χ0) is 14.7. The highest BCUT2D eigenvalue weighted by atomic mass is 15.3. The van der Waals surface area contributed by atoms with Crippen LogP contribution in [0.1, 0.15) is 19.0 Å². The van der Waals surface area contributed by atoms with E-state index in [4.69, 9.17) is 5.73 Å². The van der Waals surface area contributed by atoms with Crippen LogP contribution < -0.4 is 16.0 Å². The lowest BCUT2D eigenvalue weighted by atomic mass is 10.2. The largest absolute Gasteiger partial charge is 0.394 e. The van der Waals surface area contributed by atoms with Crippen LogP contribution in [0, 0.1) is 6.92 Å². The first kappa shape index (κ1) is 14.2. The Hall–Kier alpha value is -2.17. The lowest BCUT2D eigenvalue weighted by Crippen LogP contribution is -2.08. The van der Waals surface area contributed by atoms with E-state index in [0.717, 1.165) is 35.9 Å². The molecule has 1 aromatic heterocycles. The number of aromatic nitrogens is 2. The zero-order valence-corrected chi connectivity index (χ0v) is 12.6. The summed E-state index contributed by atoms with van der Waals surface area (Å²) in [6, 6.07) is 8.25. The molecule has 0 unspecified atom stereocenters. The molecule has 0 saturated heterocycles. The van der Waals surface area contributed by atoms with Crippen molar-refractivity contribution in [3.05, 3.63) is 30.0 Å². The van der Waals surface area contributed by atoms with Crippen LogP contribution in [0.5, 0.6) is 0 Å². The van der Waals surface area contributed by atoms with Crippen LogP contribution in [-0.4, -0.2) is 23.9 Å². The molecule has 0 fully saturated rings. The molecule has 0 amide bonds. The number of nitrogens with zero attached hydrogens (tertiary/aromatic N) is 3. The van der Waals surface area contributed by atoms with Gasteiger partial charge >= 0.3 is 0 Å². The van der Waals surface area contributed by atoms with E-state index in [1.807, 2.05) is 37.8 Å². The summed E-state index contributed by atoms with van der Waals surface area (Å²) in [5.74, 6) is 0.877. The SMILES string of the molecule is CCCn1nc(C)c(N)c1Nc1ccc(N(C)C)cc1. The summed E-state index contributed by atoms with van der Waals surface area (Å²) in [5.41, 5.74) is 9.87. The van der Waals surface area contributed by atoms with Crippen molar-refractivity contribution in [3.8, 4) is 0 Å². The molecule has 0 aliphatic carbocycles. The molecule has 0 spiro atoms. The summed E-state index contributed by atoms with van der Waals surface area (Å²) in [6.45, 7) is 4.92. The normalized spacial score (nSPS) is 10.6. The third-order valence-corrected chi connectivity index (χ3v) is 3.26. The molecule has 2 rings (SSSR count). The number of hydrogen-bond acceptors (Lipinski definition) is 4. The molecule has 0 aliphatic heterocycles. The number of hydrogen-bond donors (Lipinski definition) is 2. The minimum atomic E-state index is 0.718. The summed E-state index contributed by atoms with van der Waals surface area (Å²) in [7, 11) is 4.06. The molecule has 2 aromatic rings. The van der Waals surface area contributed by atoms with E-state index in [1.54, 1.807) is 0 Å². The van der Waals surface area contributed by atoms with Crippen molar-refractivity contribution in [1.29, 1.82) is 0 Å². The van der Waals surface area contributed by atoms with Crippen molar-refractivity contribution in [1.82, 2.24) is 9.78 Å². The standard InChI is InChI=1S/C15H23N5/c1-5-10-20-15(14(16)11(2)18-20)17-12-6-8-13(9-7-12)19(3)4/h6-9,17H,5,10,16H2,1-4H3.